The molecule has 3 heterocycles. The van der Waals surface area contributed by atoms with Gasteiger partial charge in [-0.05, 0) is 17.0 Å². The van der Waals surface area contributed by atoms with Gasteiger partial charge < -0.3 is 4.52 Å². The second-order valence-corrected chi connectivity index (χ2v) is 7.29. The maximum absolute atomic E-state index is 12.3. The van der Waals surface area contributed by atoms with Gasteiger partial charge in [-0.3, -0.25) is 9.36 Å². The summed E-state index contributed by atoms with van der Waals surface area (Å²) in [5, 5.41) is 7.19. The quantitative estimate of drug-likeness (QED) is 0.397. The number of aromatic nitrogens is 4. The average molecular weight is 370 g/mol. The fourth-order valence-electron chi connectivity index (χ4n) is 2.43. The van der Waals surface area contributed by atoms with Crippen molar-refractivity contribution >= 4 is 33.3 Å². The van der Waals surface area contributed by atoms with Crippen molar-refractivity contribution in [3.05, 3.63) is 69.4 Å². The van der Waals surface area contributed by atoms with E-state index in [1.54, 1.807) is 17.7 Å². The molecule has 0 atom stereocenters. The van der Waals surface area contributed by atoms with E-state index in [0.717, 1.165) is 10.4 Å². The Morgan fingerprint density at radius 3 is 2.88 bits per heavy atom. The number of nitrogens with zero attached hydrogens (tertiary/aromatic N) is 4. The Hall–Kier alpha value is -2.45. The van der Waals surface area contributed by atoms with Crippen molar-refractivity contribution in [2.45, 2.75) is 17.3 Å². The van der Waals surface area contributed by atoms with Crippen LogP contribution in [0, 0.1) is 0 Å². The van der Waals surface area contributed by atoms with E-state index >= 15 is 0 Å². The van der Waals surface area contributed by atoms with Crippen molar-refractivity contribution in [3.63, 3.8) is 0 Å². The highest BCUT2D eigenvalue weighted by Crippen LogP contribution is 2.23. The summed E-state index contributed by atoms with van der Waals surface area (Å²) in [6, 6.07) is 11.8. The topological polar surface area (TPSA) is 73.8 Å². The van der Waals surface area contributed by atoms with Gasteiger partial charge in [-0.15, -0.1) is 11.3 Å². The van der Waals surface area contributed by atoms with E-state index < -0.39 is 0 Å². The number of hydrogen-bond donors (Lipinski definition) is 0. The lowest BCUT2D eigenvalue weighted by atomic mass is 10.1. The first-order valence-electron chi connectivity index (χ1n) is 7.63. The Labute approximate surface area is 151 Å². The Kier molecular flexibility index (Phi) is 4.37. The van der Waals surface area contributed by atoms with Crippen molar-refractivity contribution in [2.75, 3.05) is 0 Å². The molecule has 0 amide bonds. The minimum absolute atomic E-state index is 0.0379. The highest BCUT2D eigenvalue weighted by molar-refractivity contribution is 7.98. The minimum atomic E-state index is -0.0379. The van der Waals surface area contributed by atoms with Crippen LogP contribution in [-0.2, 0) is 19.2 Å². The lowest BCUT2D eigenvalue weighted by Gasteiger charge is -2.05. The molecule has 126 valence electrons. The summed E-state index contributed by atoms with van der Waals surface area (Å²) >= 11 is 2.88. The monoisotopic (exact) mass is 370 g/mol. The van der Waals surface area contributed by atoms with Gasteiger partial charge in [-0.1, -0.05) is 47.3 Å². The van der Waals surface area contributed by atoms with Gasteiger partial charge in [0.15, 0.2) is 11.0 Å². The molecule has 25 heavy (non-hydrogen) atoms. The van der Waals surface area contributed by atoms with Crippen LogP contribution in [0.25, 0.3) is 10.2 Å². The predicted octanol–water partition coefficient (Wildman–Crippen LogP) is 3.26. The van der Waals surface area contributed by atoms with E-state index in [-0.39, 0.29) is 5.56 Å². The van der Waals surface area contributed by atoms with Crippen molar-refractivity contribution in [1.29, 1.82) is 0 Å². The molecule has 0 N–H and O–H groups in total. The molecular formula is C17H14N4O2S2. The van der Waals surface area contributed by atoms with Crippen LogP contribution in [0.5, 0.6) is 0 Å². The second-order valence-electron chi connectivity index (χ2n) is 5.45. The molecule has 1 aromatic carbocycles. The van der Waals surface area contributed by atoms with E-state index in [1.165, 1.54) is 23.1 Å². The zero-order chi connectivity index (χ0) is 17.2. The van der Waals surface area contributed by atoms with Crippen molar-refractivity contribution in [2.24, 2.45) is 7.05 Å². The van der Waals surface area contributed by atoms with Crippen LogP contribution in [0.4, 0.5) is 0 Å². The van der Waals surface area contributed by atoms with Gasteiger partial charge in [0.1, 0.15) is 4.83 Å². The fraction of sp³-hybridized carbons (Fsp3) is 0.176. The maximum atomic E-state index is 12.3. The molecule has 3 aromatic heterocycles. The number of hydrogen-bond acceptors (Lipinski definition) is 7. The summed E-state index contributed by atoms with van der Waals surface area (Å²) in [4.78, 5) is 22.0. The minimum Gasteiger partial charge on any atom is -0.338 e. The third-order valence-corrected chi connectivity index (χ3v) is 5.53. The molecule has 4 rings (SSSR count). The summed E-state index contributed by atoms with van der Waals surface area (Å²) in [5.74, 6) is 1.65. The van der Waals surface area contributed by atoms with Crippen LogP contribution in [0.15, 0.2) is 56.3 Å². The summed E-state index contributed by atoms with van der Waals surface area (Å²) in [5.41, 5.74) is 1.10. The summed E-state index contributed by atoms with van der Waals surface area (Å²) < 4.78 is 6.86. The first-order valence-corrected chi connectivity index (χ1v) is 9.49. The number of benzene rings is 1. The Balaban J connectivity index is 1.49. The number of thiophene rings is 1. The van der Waals surface area contributed by atoms with Gasteiger partial charge >= 0.3 is 0 Å². The molecule has 0 aliphatic carbocycles. The average Bonchev–Trinajstić information content (AvgIpc) is 3.27. The molecule has 0 aliphatic rings. The van der Waals surface area contributed by atoms with Gasteiger partial charge in [-0.25, -0.2) is 4.98 Å². The molecule has 4 aromatic rings. The van der Waals surface area contributed by atoms with Gasteiger partial charge in [0.05, 0.1) is 11.1 Å². The van der Waals surface area contributed by atoms with E-state index in [9.17, 15) is 4.79 Å². The molecule has 0 saturated carbocycles. The highest BCUT2D eigenvalue weighted by Gasteiger charge is 2.12. The highest BCUT2D eigenvalue weighted by atomic mass is 32.2. The summed E-state index contributed by atoms with van der Waals surface area (Å²) in [6.45, 7) is 0. The SMILES string of the molecule is Cn1c(SCc2nc(Cc3ccccc3)no2)nc2sccc2c1=O. The van der Waals surface area contributed by atoms with Crippen LogP contribution in [-0.4, -0.2) is 19.7 Å². The lowest BCUT2D eigenvalue weighted by Crippen LogP contribution is -2.19. The van der Waals surface area contributed by atoms with Crippen LogP contribution in [0.1, 0.15) is 17.3 Å². The van der Waals surface area contributed by atoms with Crippen molar-refractivity contribution in [1.82, 2.24) is 19.7 Å². The zero-order valence-electron chi connectivity index (χ0n) is 13.4. The normalized spacial score (nSPS) is 11.2. The standard InChI is InChI=1S/C17H14N4O2S2/c1-21-16(22)12-7-8-24-15(12)19-17(21)25-10-14-18-13(20-23-14)9-11-5-3-2-4-6-11/h2-8H,9-10H2,1H3. The fourth-order valence-corrected chi connectivity index (χ4v) is 4.05. The number of rotatable bonds is 5. The van der Waals surface area contributed by atoms with Gasteiger partial charge in [0.2, 0.25) is 5.89 Å². The van der Waals surface area contributed by atoms with Crippen molar-refractivity contribution < 1.29 is 4.52 Å². The zero-order valence-corrected chi connectivity index (χ0v) is 15.0. The van der Waals surface area contributed by atoms with Gasteiger partial charge in [0.25, 0.3) is 5.56 Å². The largest absolute Gasteiger partial charge is 0.338 e. The molecule has 0 bridgehead atoms. The van der Waals surface area contributed by atoms with E-state index in [0.29, 0.717) is 34.4 Å². The molecule has 6 nitrogen and oxygen atoms in total. The molecule has 0 aliphatic heterocycles. The molecule has 0 saturated heterocycles. The van der Waals surface area contributed by atoms with Crippen LogP contribution < -0.4 is 5.56 Å². The van der Waals surface area contributed by atoms with Crippen LogP contribution >= 0.6 is 23.1 Å². The van der Waals surface area contributed by atoms with Gasteiger partial charge in [0, 0.05) is 13.5 Å². The molecular weight excluding hydrogens is 356 g/mol. The smallest absolute Gasteiger partial charge is 0.262 e. The third kappa shape index (κ3) is 3.35. The third-order valence-electron chi connectivity index (χ3n) is 3.70. The molecule has 0 unspecified atom stereocenters. The van der Waals surface area contributed by atoms with Crippen LogP contribution in [0.3, 0.4) is 0 Å². The summed E-state index contributed by atoms with van der Waals surface area (Å²) in [6.07, 6.45) is 0.632. The van der Waals surface area contributed by atoms with E-state index in [1.807, 2.05) is 35.7 Å². The Morgan fingerprint density at radius 1 is 1.20 bits per heavy atom. The molecule has 0 spiro atoms. The van der Waals surface area contributed by atoms with E-state index in [4.69, 9.17) is 4.52 Å². The number of fused-ring (bicyclic) bond motifs is 1. The second kappa shape index (κ2) is 6.81. The molecule has 0 fully saturated rings. The summed E-state index contributed by atoms with van der Waals surface area (Å²) in [7, 11) is 1.73. The first kappa shape index (κ1) is 16.0. The van der Waals surface area contributed by atoms with Crippen molar-refractivity contribution in [3.8, 4) is 0 Å². The molecule has 0 radical (unpaired) electrons. The maximum Gasteiger partial charge on any atom is 0.262 e. The van der Waals surface area contributed by atoms with E-state index in [2.05, 4.69) is 15.1 Å². The van der Waals surface area contributed by atoms with Gasteiger partial charge in [-0.2, -0.15) is 4.98 Å². The number of thioether (sulfide) groups is 1. The first-order chi connectivity index (χ1) is 12.2. The van der Waals surface area contributed by atoms with Crippen LogP contribution in [0.2, 0.25) is 0 Å². The molecule has 8 heteroatoms. The predicted molar refractivity (Wildman–Crippen MR) is 98.0 cm³/mol. The Bertz CT molecular complexity index is 1070. The Morgan fingerprint density at radius 2 is 2.04 bits per heavy atom. The lowest BCUT2D eigenvalue weighted by molar-refractivity contribution is 0.385.